The SMILES string of the molecule is O=C(NCC(Nc1ncccn1)C(=O)O)c1cc(=O)n2cc(OCCCI)ccc2c1. The van der Waals surface area contributed by atoms with Crippen molar-refractivity contribution in [1.29, 1.82) is 0 Å². The quantitative estimate of drug-likeness (QED) is 0.202. The van der Waals surface area contributed by atoms with Crippen LogP contribution in [0.2, 0.25) is 0 Å². The zero-order chi connectivity index (χ0) is 22.2. The van der Waals surface area contributed by atoms with Gasteiger partial charge in [0.05, 0.1) is 12.8 Å². The van der Waals surface area contributed by atoms with Gasteiger partial charge in [0.15, 0.2) is 0 Å². The van der Waals surface area contributed by atoms with Gasteiger partial charge >= 0.3 is 5.97 Å². The van der Waals surface area contributed by atoms with E-state index in [4.69, 9.17) is 4.74 Å². The van der Waals surface area contributed by atoms with E-state index in [9.17, 15) is 19.5 Å². The average Bonchev–Trinajstić information content (AvgIpc) is 2.77. The van der Waals surface area contributed by atoms with E-state index in [0.29, 0.717) is 17.9 Å². The van der Waals surface area contributed by atoms with Gasteiger partial charge in [0.2, 0.25) is 5.95 Å². The number of fused-ring (bicyclic) bond motifs is 1. The number of rotatable bonds is 10. The number of pyridine rings is 2. The molecule has 0 aromatic carbocycles. The number of nitrogens with one attached hydrogen (secondary N) is 2. The van der Waals surface area contributed by atoms with Crippen LogP contribution in [0.15, 0.2) is 53.7 Å². The maximum absolute atomic E-state index is 12.5. The van der Waals surface area contributed by atoms with E-state index in [-0.39, 0.29) is 18.1 Å². The molecule has 11 heteroatoms. The number of carboxylic acids is 1. The first-order valence-corrected chi connectivity index (χ1v) is 10.9. The molecule has 0 spiro atoms. The lowest BCUT2D eigenvalue weighted by molar-refractivity contribution is -0.137. The fourth-order valence-electron chi connectivity index (χ4n) is 2.69. The lowest BCUT2D eigenvalue weighted by Crippen LogP contribution is -2.42. The van der Waals surface area contributed by atoms with E-state index in [1.807, 2.05) is 0 Å². The zero-order valence-electron chi connectivity index (χ0n) is 16.3. The van der Waals surface area contributed by atoms with Crippen LogP contribution in [-0.2, 0) is 4.79 Å². The van der Waals surface area contributed by atoms with E-state index in [0.717, 1.165) is 10.8 Å². The highest BCUT2D eigenvalue weighted by atomic mass is 127. The molecule has 0 fully saturated rings. The van der Waals surface area contributed by atoms with Gasteiger partial charge in [-0.25, -0.2) is 14.8 Å². The van der Waals surface area contributed by atoms with Crippen molar-refractivity contribution in [3.05, 3.63) is 64.8 Å². The fraction of sp³-hybridized carbons (Fsp3) is 0.250. The molecular formula is C20H20IN5O5. The molecule has 10 nitrogen and oxygen atoms in total. The molecule has 0 radical (unpaired) electrons. The second-order valence-corrected chi connectivity index (χ2v) is 7.53. The first-order chi connectivity index (χ1) is 15.0. The number of hydrogen-bond donors (Lipinski definition) is 3. The number of aliphatic carboxylic acids is 1. The third-order valence-electron chi connectivity index (χ3n) is 4.22. The Morgan fingerprint density at radius 1 is 1.23 bits per heavy atom. The Bertz CT molecular complexity index is 1120. The Morgan fingerprint density at radius 2 is 2.00 bits per heavy atom. The van der Waals surface area contributed by atoms with Gasteiger partial charge in [-0.3, -0.25) is 14.0 Å². The van der Waals surface area contributed by atoms with Gasteiger partial charge in [-0.05, 0) is 30.7 Å². The summed E-state index contributed by atoms with van der Waals surface area (Å²) in [5.74, 6) is -1.05. The predicted molar refractivity (Wildman–Crippen MR) is 122 cm³/mol. The van der Waals surface area contributed by atoms with E-state index < -0.39 is 23.5 Å². The average molecular weight is 537 g/mol. The number of nitrogens with zero attached hydrogens (tertiary/aromatic N) is 3. The zero-order valence-corrected chi connectivity index (χ0v) is 18.5. The largest absolute Gasteiger partial charge is 0.492 e. The van der Waals surface area contributed by atoms with Gasteiger partial charge in [-0.1, -0.05) is 22.6 Å². The number of alkyl halides is 1. The number of anilines is 1. The molecule has 1 amide bonds. The fourth-order valence-corrected chi connectivity index (χ4v) is 3.00. The molecule has 162 valence electrons. The summed E-state index contributed by atoms with van der Waals surface area (Å²) >= 11 is 2.26. The first kappa shape index (κ1) is 22.5. The van der Waals surface area contributed by atoms with Crippen LogP contribution in [0.4, 0.5) is 5.95 Å². The standard InChI is InChI=1S/C20H20IN5O5/c21-5-1-8-31-15-4-3-14-9-13(10-17(27)26(14)12-15)18(28)24-11-16(19(29)30)25-20-22-6-2-7-23-20/h2-4,6-7,9-10,12,16H,1,5,8,11H2,(H,24,28)(H,29,30)(H,22,23,25). The number of carbonyl (C=O) groups excluding carboxylic acids is 1. The van der Waals surface area contributed by atoms with Crippen molar-refractivity contribution in [2.45, 2.75) is 12.5 Å². The number of carboxylic acid groups (broad SMARTS) is 1. The molecule has 3 aromatic rings. The van der Waals surface area contributed by atoms with Gasteiger partial charge in [0, 0.05) is 40.5 Å². The Kier molecular flexibility index (Phi) is 7.76. The Balaban J connectivity index is 1.70. The van der Waals surface area contributed by atoms with Crippen LogP contribution in [-0.4, -0.2) is 55.0 Å². The molecule has 3 heterocycles. The minimum atomic E-state index is -1.18. The molecule has 3 N–H and O–H groups in total. The number of halogens is 1. The summed E-state index contributed by atoms with van der Waals surface area (Å²) in [5.41, 5.74) is 0.251. The van der Waals surface area contributed by atoms with Gasteiger partial charge in [-0.2, -0.15) is 0 Å². The maximum atomic E-state index is 12.5. The number of hydrogen-bond acceptors (Lipinski definition) is 7. The second kappa shape index (κ2) is 10.7. The molecule has 0 saturated carbocycles. The van der Waals surface area contributed by atoms with Crippen molar-refractivity contribution in [3.63, 3.8) is 0 Å². The minimum Gasteiger partial charge on any atom is -0.492 e. The third-order valence-corrected chi connectivity index (χ3v) is 4.98. The van der Waals surface area contributed by atoms with Crippen molar-refractivity contribution < 1.29 is 19.4 Å². The van der Waals surface area contributed by atoms with Crippen molar-refractivity contribution in [3.8, 4) is 5.75 Å². The van der Waals surface area contributed by atoms with Crippen molar-refractivity contribution in [1.82, 2.24) is 19.7 Å². The van der Waals surface area contributed by atoms with Gasteiger partial charge < -0.3 is 20.5 Å². The van der Waals surface area contributed by atoms with Crippen LogP contribution in [0.5, 0.6) is 5.75 Å². The van der Waals surface area contributed by atoms with E-state index in [2.05, 4.69) is 43.2 Å². The van der Waals surface area contributed by atoms with Gasteiger partial charge in [0.1, 0.15) is 11.8 Å². The van der Waals surface area contributed by atoms with Crippen molar-refractivity contribution >= 4 is 45.9 Å². The van der Waals surface area contributed by atoms with Crippen molar-refractivity contribution in [2.24, 2.45) is 0 Å². The van der Waals surface area contributed by atoms with Gasteiger partial charge in [-0.15, -0.1) is 0 Å². The summed E-state index contributed by atoms with van der Waals surface area (Å²) in [6, 6.07) is 6.62. The monoisotopic (exact) mass is 537 g/mol. The Hall–Kier alpha value is -3.22. The molecule has 3 rings (SSSR count). The first-order valence-electron chi connectivity index (χ1n) is 9.37. The molecule has 0 aliphatic rings. The molecule has 0 bridgehead atoms. The smallest absolute Gasteiger partial charge is 0.328 e. The molecule has 31 heavy (non-hydrogen) atoms. The molecule has 1 unspecified atom stereocenters. The van der Waals surface area contributed by atoms with Crippen LogP contribution in [0.3, 0.4) is 0 Å². The maximum Gasteiger partial charge on any atom is 0.328 e. The number of amides is 1. The Labute approximate surface area is 190 Å². The highest BCUT2D eigenvalue weighted by molar-refractivity contribution is 14.1. The second-order valence-electron chi connectivity index (χ2n) is 6.45. The third kappa shape index (κ3) is 6.13. The van der Waals surface area contributed by atoms with E-state index in [1.54, 1.807) is 30.5 Å². The summed E-state index contributed by atoms with van der Waals surface area (Å²) in [5, 5.41) is 14.5. The number of aromatic nitrogens is 3. The highest BCUT2D eigenvalue weighted by Crippen LogP contribution is 2.13. The molecule has 0 saturated heterocycles. The van der Waals surface area contributed by atoms with Crippen LogP contribution in [0, 0.1) is 0 Å². The van der Waals surface area contributed by atoms with Crippen LogP contribution >= 0.6 is 22.6 Å². The number of ether oxygens (including phenoxy) is 1. The molecule has 0 aliphatic heterocycles. The van der Waals surface area contributed by atoms with E-state index >= 15 is 0 Å². The summed E-state index contributed by atoms with van der Waals surface area (Å²) < 4.78 is 7.97. The van der Waals surface area contributed by atoms with E-state index in [1.165, 1.54) is 22.9 Å². The Morgan fingerprint density at radius 3 is 2.71 bits per heavy atom. The lowest BCUT2D eigenvalue weighted by Gasteiger charge is -2.15. The highest BCUT2D eigenvalue weighted by Gasteiger charge is 2.20. The molecule has 3 aromatic heterocycles. The summed E-state index contributed by atoms with van der Waals surface area (Å²) in [7, 11) is 0. The van der Waals surface area contributed by atoms with Gasteiger partial charge in [0.25, 0.3) is 11.5 Å². The topological polar surface area (TPSA) is 135 Å². The summed E-state index contributed by atoms with van der Waals surface area (Å²) in [6.07, 6.45) is 5.41. The number of carbonyl (C=O) groups is 2. The minimum absolute atomic E-state index is 0.128. The lowest BCUT2D eigenvalue weighted by atomic mass is 10.2. The molecule has 1 atom stereocenters. The van der Waals surface area contributed by atoms with Crippen LogP contribution in [0.1, 0.15) is 16.8 Å². The predicted octanol–water partition coefficient (Wildman–Crippen LogP) is 1.59. The molecular weight excluding hydrogens is 517 g/mol. The summed E-state index contributed by atoms with van der Waals surface area (Å²) in [4.78, 5) is 44.3. The van der Waals surface area contributed by atoms with Crippen molar-refractivity contribution in [2.75, 3.05) is 22.9 Å². The summed E-state index contributed by atoms with van der Waals surface area (Å²) in [6.45, 7) is 0.325. The van der Waals surface area contributed by atoms with Crippen LogP contribution in [0.25, 0.3) is 5.52 Å². The molecule has 0 aliphatic carbocycles. The van der Waals surface area contributed by atoms with Crippen LogP contribution < -0.4 is 20.9 Å². The normalized spacial score (nSPS) is 11.6.